The van der Waals surface area contributed by atoms with E-state index in [9.17, 15) is 23.5 Å². The van der Waals surface area contributed by atoms with Crippen LogP contribution in [-0.4, -0.2) is 93.8 Å². The third kappa shape index (κ3) is 37.0. The number of nitrogens with one attached hydrogen (secondary N) is 1. The summed E-state index contributed by atoms with van der Waals surface area (Å²) in [5.41, 5.74) is 0. The van der Waals surface area contributed by atoms with Crippen LogP contribution in [0.25, 0.3) is 0 Å². The van der Waals surface area contributed by atoms with E-state index in [1.165, 1.54) is 0 Å². The van der Waals surface area contributed by atoms with Gasteiger partial charge in [0, 0.05) is 9.35 Å². The lowest BCUT2D eigenvalue weighted by atomic mass is 10.5. The quantitative estimate of drug-likeness (QED) is 0.111. The molecule has 0 aromatic heterocycles. The number of aliphatic carboxylic acids is 3. The Labute approximate surface area is 163 Å². The van der Waals surface area contributed by atoms with Crippen LogP contribution in [0.15, 0.2) is 0 Å². The van der Waals surface area contributed by atoms with Gasteiger partial charge >= 0.3 is 40.1 Å². The van der Waals surface area contributed by atoms with Crippen LogP contribution in [0.5, 0.6) is 0 Å². The van der Waals surface area contributed by atoms with E-state index in [0.717, 1.165) is 4.90 Å². The SMILES string of the molecule is C=O.O=C(O)CN(CC(=O)O)C[P+](=O)OO.O=C(O)CNC[P+](=O)OO.O=C=O. The van der Waals surface area contributed by atoms with Crippen molar-refractivity contribution in [1.29, 1.82) is 0 Å². The molecule has 0 fully saturated rings. The zero-order chi connectivity index (χ0) is 23.8. The van der Waals surface area contributed by atoms with Gasteiger partial charge in [0.15, 0.2) is 0 Å². The molecule has 0 aliphatic carbocycles. The zero-order valence-electron chi connectivity index (χ0n) is 14.4. The van der Waals surface area contributed by atoms with Crippen LogP contribution in [-0.2, 0) is 47.2 Å². The summed E-state index contributed by atoms with van der Waals surface area (Å²) >= 11 is 0. The first-order valence-electron chi connectivity index (χ1n) is 6.42. The maximum Gasteiger partial charge on any atom is 0.555 e. The summed E-state index contributed by atoms with van der Waals surface area (Å²) in [5, 5.41) is 42.7. The van der Waals surface area contributed by atoms with Crippen molar-refractivity contribution < 1.29 is 73.1 Å². The second kappa shape index (κ2) is 25.4. The van der Waals surface area contributed by atoms with Crippen molar-refractivity contribution in [2.75, 3.05) is 32.2 Å². The van der Waals surface area contributed by atoms with E-state index in [0.29, 0.717) is 0 Å². The topological polar surface area (TPSA) is 271 Å². The Morgan fingerprint density at radius 1 is 0.897 bits per heavy atom. The van der Waals surface area contributed by atoms with Crippen molar-refractivity contribution in [3.8, 4) is 0 Å². The number of carbonyl (C=O) groups excluding carboxylic acids is 3. The molecule has 2 atom stereocenters. The van der Waals surface area contributed by atoms with Crippen LogP contribution in [0.1, 0.15) is 0 Å². The summed E-state index contributed by atoms with van der Waals surface area (Å²) in [7, 11) is -4.65. The first kappa shape index (κ1) is 34.0. The second-order valence-corrected chi connectivity index (χ2v) is 6.06. The Hall–Kier alpha value is -2.58. The van der Waals surface area contributed by atoms with E-state index in [1.807, 2.05) is 6.79 Å². The summed E-state index contributed by atoms with van der Waals surface area (Å²) in [6.45, 7) is 0.526. The second-order valence-electron chi connectivity index (χ2n) is 3.81. The van der Waals surface area contributed by atoms with E-state index >= 15 is 0 Å². The number of rotatable bonds is 12. The fourth-order valence-electron chi connectivity index (χ4n) is 1.01. The van der Waals surface area contributed by atoms with E-state index in [2.05, 4.69) is 14.7 Å². The lowest BCUT2D eigenvalue weighted by molar-refractivity contribution is -0.191. The number of hydrogen-bond acceptors (Lipinski definition) is 14. The summed E-state index contributed by atoms with van der Waals surface area (Å²) in [6.07, 6.45) is -0.372. The van der Waals surface area contributed by atoms with Crippen LogP contribution in [0, 0.1) is 0 Å². The van der Waals surface area contributed by atoms with E-state index in [4.69, 9.17) is 40.2 Å². The van der Waals surface area contributed by atoms with Crippen molar-refractivity contribution in [2.24, 2.45) is 0 Å². The lowest BCUT2D eigenvalue weighted by Crippen LogP contribution is -2.34. The minimum atomic E-state index is -2.47. The van der Waals surface area contributed by atoms with Gasteiger partial charge in [-0.3, -0.25) is 19.7 Å². The predicted molar refractivity (Wildman–Crippen MR) is 87.0 cm³/mol. The van der Waals surface area contributed by atoms with E-state index in [1.54, 1.807) is 0 Å². The first-order valence-corrected chi connectivity index (χ1v) is 9.15. The maximum absolute atomic E-state index is 10.6. The summed E-state index contributed by atoms with van der Waals surface area (Å²) in [6, 6.07) is 0. The van der Waals surface area contributed by atoms with Crippen molar-refractivity contribution in [3.63, 3.8) is 0 Å². The minimum Gasteiger partial charge on any atom is -0.480 e. The summed E-state index contributed by atoms with van der Waals surface area (Å²) in [4.78, 5) is 55.4. The Kier molecular flexibility index (Phi) is 29.8. The van der Waals surface area contributed by atoms with Gasteiger partial charge in [0.05, 0.1) is 6.54 Å². The molecule has 0 aromatic carbocycles. The van der Waals surface area contributed by atoms with E-state index in [-0.39, 0.29) is 19.0 Å². The molecule has 0 heterocycles. The standard InChI is InChI=1S/C5H8NO7P.C3H6NO5P.CO2.CH2O/c7-4(8)1-6(2-5(9)10)3-14(12)13-11;5-3(6)1-4-2-10(8)9-7;2-1-3;1-2/h1-3H2,(H2-,7,8,9,10,11);4H,1-2H2,(H-,5,6,7);;1H2/p+2. The highest BCUT2D eigenvalue weighted by Crippen LogP contribution is 2.20. The Morgan fingerprint density at radius 2 is 1.28 bits per heavy atom. The lowest BCUT2D eigenvalue weighted by Gasteiger charge is -2.10. The van der Waals surface area contributed by atoms with Crippen LogP contribution >= 0.6 is 16.1 Å². The molecule has 166 valence electrons. The first-order chi connectivity index (χ1) is 13.5. The molecule has 0 saturated carbocycles. The molecule has 0 radical (unpaired) electrons. The fourth-order valence-corrected chi connectivity index (χ4v) is 1.94. The highest BCUT2D eigenvalue weighted by Gasteiger charge is 2.26. The maximum atomic E-state index is 10.6. The third-order valence-electron chi connectivity index (χ3n) is 1.73. The molecule has 0 aliphatic rings. The van der Waals surface area contributed by atoms with Gasteiger partial charge in [-0.15, -0.1) is 0 Å². The Morgan fingerprint density at radius 3 is 1.55 bits per heavy atom. The van der Waals surface area contributed by atoms with Gasteiger partial charge in [-0.05, 0) is 9.13 Å². The molecule has 0 saturated heterocycles. The summed E-state index contributed by atoms with van der Waals surface area (Å²) < 4.78 is 27.7. The average molecular weight is 468 g/mol. The van der Waals surface area contributed by atoms with Gasteiger partial charge in [-0.2, -0.15) is 9.59 Å². The third-order valence-corrected chi connectivity index (χ3v) is 3.21. The van der Waals surface area contributed by atoms with Crippen molar-refractivity contribution in [1.82, 2.24) is 10.2 Å². The molecule has 6 N–H and O–H groups in total. The number of carboxylic acids is 3. The molecule has 0 spiro atoms. The molecule has 0 bridgehead atoms. The highest BCUT2D eigenvalue weighted by atomic mass is 31.1. The number of hydrogen-bond donors (Lipinski definition) is 6. The normalized spacial score (nSPS) is 9.76. The monoisotopic (exact) mass is 468 g/mol. The number of nitrogens with zero attached hydrogens (tertiary/aromatic N) is 1. The highest BCUT2D eigenvalue weighted by molar-refractivity contribution is 7.39. The van der Waals surface area contributed by atoms with Gasteiger partial charge in [0.1, 0.15) is 19.9 Å². The molecule has 0 aliphatic heterocycles. The smallest absolute Gasteiger partial charge is 0.480 e. The number of carboxylic acid groups (broad SMARTS) is 3. The fraction of sp³-hybridized carbons (Fsp3) is 0.500. The molecule has 0 rings (SSSR count). The van der Waals surface area contributed by atoms with Gasteiger partial charge in [-0.1, -0.05) is 0 Å². The zero-order valence-corrected chi connectivity index (χ0v) is 16.2. The molecule has 2 unspecified atom stereocenters. The van der Waals surface area contributed by atoms with Gasteiger partial charge in [-0.25, -0.2) is 15.4 Å². The van der Waals surface area contributed by atoms with Crippen molar-refractivity contribution in [2.45, 2.75) is 0 Å². The number of carbonyl (C=O) groups is 4. The van der Waals surface area contributed by atoms with Crippen LogP contribution < -0.4 is 5.32 Å². The minimum absolute atomic E-state index is 0.169. The van der Waals surface area contributed by atoms with Gasteiger partial charge in [0.25, 0.3) is 0 Å². The van der Waals surface area contributed by atoms with Crippen molar-refractivity contribution in [3.05, 3.63) is 0 Å². The molecular weight excluding hydrogens is 450 g/mol. The van der Waals surface area contributed by atoms with Crippen LogP contribution in [0.2, 0.25) is 0 Å². The molecular formula is C10H18N2O15P2+2. The molecule has 0 amide bonds. The molecule has 29 heavy (non-hydrogen) atoms. The van der Waals surface area contributed by atoms with E-state index < -0.39 is 53.3 Å². The Bertz CT molecular complexity index is 535. The molecule has 0 aromatic rings. The van der Waals surface area contributed by atoms with Gasteiger partial charge < -0.3 is 20.1 Å². The average Bonchev–Trinajstić information content (AvgIpc) is 2.62. The molecule has 17 nitrogen and oxygen atoms in total. The largest absolute Gasteiger partial charge is 0.555 e. The predicted octanol–water partition coefficient (Wildman–Crippen LogP) is -1.27. The molecule has 19 heteroatoms. The van der Waals surface area contributed by atoms with Gasteiger partial charge in [0.2, 0.25) is 12.6 Å². The van der Waals surface area contributed by atoms with Crippen molar-refractivity contribution >= 4 is 46.9 Å². The van der Waals surface area contributed by atoms with Crippen LogP contribution in [0.4, 0.5) is 0 Å². The Balaban J connectivity index is -0.000000182. The summed E-state index contributed by atoms with van der Waals surface area (Å²) in [5.74, 6) is -3.57. The van der Waals surface area contributed by atoms with Crippen LogP contribution in [0.3, 0.4) is 0 Å².